The summed E-state index contributed by atoms with van der Waals surface area (Å²) in [7, 11) is 1.57. The van der Waals surface area contributed by atoms with Crippen molar-refractivity contribution in [3.63, 3.8) is 0 Å². The van der Waals surface area contributed by atoms with E-state index in [0.717, 1.165) is 16.7 Å². The third-order valence-corrected chi connectivity index (χ3v) is 6.49. The summed E-state index contributed by atoms with van der Waals surface area (Å²) in [5.41, 5.74) is 4.66. The van der Waals surface area contributed by atoms with E-state index in [1.54, 1.807) is 36.3 Å². The first kappa shape index (κ1) is 23.0. The standard InChI is InChI=1S/C28H24ClNO5/c1-17-5-3-6-18(11-17)15-34-24-10-9-19(12-25(24)33-2)22-14-26(31)30(21-8-4-7-20(29)13-21)23-16-35-28(32)27(22)23/h3-13,22H,14-16H2,1-2H3. The van der Waals surface area contributed by atoms with Crippen LogP contribution >= 0.6 is 11.6 Å². The van der Waals surface area contributed by atoms with Crippen LogP contribution in [0.3, 0.4) is 0 Å². The Bertz CT molecular complexity index is 1350. The Morgan fingerprint density at radius 1 is 1.03 bits per heavy atom. The molecule has 0 saturated heterocycles. The van der Waals surface area contributed by atoms with Crippen molar-refractivity contribution in [2.75, 3.05) is 18.6 Å². The number of ether oxygens (including phenoxy) is 3. The zero-order valence-electron chi connectivity index (χ0n) is 19.4. The van der Waals surface area contributed by atoms with E-state index in [0.29, 0.717) is 40.1 Å². The average molecular weight is 490 g/mol. The maximum Gasteiger partial charge on any atom is 0.336 e. The number of halogens is 1. The lowest BCUT2D eigenvalue weighted by Crippen LogP contribution is -2.37. The number of hydrogen-bond donors (Lipinski definition) is 0. The highest BCUT2D eigenvalue weighted by Crippen LogP contribution is 2.44. The van der Waals surface area contributed by atoms with Crippen molar-refractivity contribution < 1.29 is 23.8 Å². The van der Waals surface area contributed by atoms with Gasteiger partial charge in [0.2, 0.25) is 5.91 Å². The summed E-state index contributed by atoms with van der Waals surface area (Å²) < 4.78 is 17.0. The van der Waals surface area contributed by atoms with Crippen molar-refractivity contribution in [3.8, 4) is 11.5 Å². The van der Waals surface area contributed by atoms with Gasteiger partial charge >= 0.3 is 5.97 Å². The van der Waals surface area contributed by atoms with Gasteiger partial charge in [-0.15, -0.1) is 0 Å². The van der Waals surface area contributed by atoms with Crippen LogP contribution in [0.25, 0.3) is 0 Å². The number of aryl methyl sites for hydroxylation is 1. The molecule has 0 bridgehead atoms. The van der Waals surface area contributed by atoms with E-state index in [-0.39, 0.29) is 18.9 Å². The Hall–Kier alpha value is -3.77. The van der Waals surface area contributed by atoms with Gasteiger partial charge in [-0.3, -0.25) is 9.69 Å². The smallest absolute Gasteiger partial charge is 0.336 e. The number of rotatable bonds is 6. The molecule has 0 saturated carbocycles. The van der Waals surface area contributed by atoms with Gasteiger partial charge in [-0.05, 0) is 48.4 Å². The van der Waals surface area contributed by atoms with Crippen LogP contribution in [0.4, 0.5) is 5.69 Å². The van der Waals surface area contributed by atoms with Crippen LogP contribution in [0.1, 0.15) is 29.0 Å². The maximum absolute atomic E-state index is 13.3. The molecule has 3 aromatic carbocycles. The fourth-order valence-electron chi connectivity index (χ4n) is 4.64. The second-order valence-corrected chi connectivity index (χ2v) is 9.03. The molecule has 0 fully saturated rings. The van der Waals surface area contributed by atoms with Gasteiger partial charge in [0.1, 0.15) is 13.2 Å². The summed E-state index contributed by atoms with van der Waals surface area (Å²) in [6.07, 6.45) is 0.118. The summed E-state index contributed by atoms with van der Waals surface area (Å²) >= 11 is 6.15. The van der Waals surface area contributed by atoms with Gasteiger partial charge in [0.25, 0.3) is 0 Å². The van der Waals surface area contributed by atoms with Gasteiger partial charge in [-0.25, -0.2) is 4.79 Å². The topological polar surface area (TPSA) is 65.1 Å². The van der Waals surface area contributed by atoms with Gasteiger partial charge in [0.05, 0.1) is 24.1 Å². The normalized spacial score (nSPS) is 17.3. The summed E-state index contributed by atoms with van der Waals surface area (Å²) in [5.74, 6) is 0.135. The van der Waals surface area contributed by atoms with Crippen LogP contribution < -0.4 is 14.4 Å². The van der Waals surface area contributed by atoms with Crippen molar-refractivity contribution in [1.29, 1.82) is 0 Å². The van der Waals surface area contributed by atoms with Crippen molar-refractivity contribution >= 4 is 29.2 Å². The second-order valence-electron chi connectivity index (χ2n) is 8.59. The molecule has 1 atom stereocenters. The van der Waals surface area contributed by atoms with E-state index in [2.05, 4.69) is 6.07 Å². The minimum Gasteiger partial charge on any atom is -0.493 e. The highest BCUT2D eigenvalue weighted by molar-refractivity contribution is 6.31. The molecule has 178 valence electrons. The third-order valence-electron chi connectivity index (χ3n) is 6.25. The lowest BCUT2D eigenvalue weighted by molar-refractivity contribution is -0.136. The quantitative estimate of drug-likeness (QED) is 0.424. The van der Waals surface area contributed by atoms with Crippen molar-refractivity contribution in [3.05, 3.63) is 99.7 Å². The molecule has 1 unspecified atom stereocenters. The van der Waals surface area contributed by atoms with Gasteiger partial charge < -0.3 is 14.2 Å². The van der Waals surface area contributed by atoms with Crippen LogP contribution in [0, 0.1) is 6.92 Å². The molecule has 6 nitrogen and oxygen atoms in total. The van der Waals surface area contributed by atoms with Gasteiger partial charge in [-0.1, -0.05) is 53.6 Å². The largest absolute Gasteiger partial charge is 0.493 e. The Morgan fingerprint density at radius 3 is 2.63 bits per heavy atom. The number of esters is 1. The molecule has 7 heteroatoms. The number of hydrogen-bond acceptors (Lipinski definition) is 5. The molecule has 35 heavy (non-hydrogen) atoms. The molecule has 0 N–H and O–H groups in total. The van der Waals surface area contributed by atoms with Crippen LogP contribution in [-0.4, -0.2) is 25.6 Å². The van der Waals surface area contributed by atoms with E-state index >= 15 is 0 Å². The summed E-state index contributed by atoms with van der Waals surface area (Å²) in [6, 6.07) is 20.6. The molecule has 0 aromatic heterocycles. The predicted molar refractivity (Wildman–Crippen MR) is 133 cm³/mol. The lowest BCUT2D eigenvalue weighted by atomic mass is 9.84. The SMILES string of the molecule is COc1cc(C2CC(=O)N(c3cccc(Cl)c3)C3=C2C(=O)OC3)ccc1OCc1cccc(C)c1. The fourth-order valence-corrected chi connectivity index (χ4v) is 4.82. The van der Waals surface area contributed by atoms with Crippen molar-refractivity contribution in [2.24, 2.45) is 0 Å². The Balaban J connectivity index is 1.46. The highest BCUT2D eigenvalue weighted by atomic mass is 35.5. The molecule has 1 amide bonds. The molecular formula is C28H24ClNO5. The summed E-state index contributed by atoms with van der Waals surface area (Å²) in [5, 5.41) is 0.510. The Kier molecular flexibility index (Phi) is 6.22. The minimum atomic E-state index is -0.442. The van der Waals surface area contributed by atoms with Crippen LogP contribution in [0.15, 0.2) is 78.0 Å². The summed E-state index contributed by atoms with van der Waals surface area (Å²) in [4.78, 5) is 27.6. The molecule has 5 rings (SSSR count). The van der Waals surface area contributed by atoms with Crippen LogP contribution in [0.2, 0.25) is 5.02 Å². The van der Waals surface area contributed by atoms with Crippen molar-refractivity contribution in [1.82, 2.24) is 0 Å². The second kappa shape index (κ2) is 9.47. The van der Waals surface area contributed by atoms with E-state index in [9.17, 15) is 9.59 Å². The average Bonchev–Trinajstić information content (AvgIpc) is 3.23. The zero-order valence-corrected chi connectivity index (χ0v) is 20.2. The molecule has 0 spiro atoms. The number of carbonyl (C=O) groups excluding carboxylic acids is 2. The molecule has 0 radical (unpaired) electrons. The first-order valence-corrected chi connectivity index (χ1v) is 11.7. The molecule has 0 aliphatic carbocycles. The maximum atomic E-state index is 13.3. The zero-order chi connectivity index (χ0) is 24.5. The fraction of sp³-hybridized carbons (Fsp3) is 0.214. The van der Waals surface area contributed by atoms with Crippen LogP contribution in [-0.2, 0) is 20.9 Å². The highest BCUT2D eigenvalue weighted by Gasteiger charge is 2.43. The minimum absolute atomic E-state index is 0.0394. The Morgan fingerprint density at radius 2 is 1.86 bits per heavy atom. The number of carbonyl (C=O) groups is 2. The molecular weight excluding hydrogens is 466 g/mol. The van der Waals surface area contributed by atoms with Gasteiger partial charge in [0.15, 0.2) is 11.5 Å². The monoisotopic (exact) mass is 489 g/mol. The number of nitrogens with zero attached hydrogens (tertiary/aromatic N) is 1. The number of methoxy groups -OCH3 is 1. The van der Waals surface area contributed by atoms with Gasteiger partial charge in [0, 0.05) is 17.4 Å². The molecule has 2 heterocycles. The number of anilines is 1. The van der Waals surface area contributed by atoms with Crippen LogP contribution in [0.5, 0.6) is 11.5 Å². The number of amides is 1. The van der Waals surface area contributed by atoms with E-state index in [4.69, 9.17) is 25.8 Å². The van der Waals surface area contributed by atoms with E-state index in [1.165, 1.54) is 0 Å². The first-order chi connectivity index (χ1) is 16.9. The predicted octanol–water partition coefficient (Wildman–Crippen LogP) is 5.57. The molecule has 3 aromatic rings. The van der Waals surface area contributed by atoms with Gasteiger partial charge in [-0.2, -0.15) is 0 Å². The lowest BCUT2D eigenvalue weighted by Gasteiger charge is -2.32. The Labute approximate surface area is 208 Å². The molecule has 2 aliphatic rings. The first-order valence-electron chi connectivity index (χ1n) is 11.3. The van der Waals surface area contributed by atoms with Crippen molar-refractivity contribution in [2.45, 2.75) is 25.9 Å². The number of benzene rings is 3. The number of cyclic esters (lactones) is 1. The summed E-state index contributed by atoms with van der Waals surface area (Å²) in [6.45, 7) is 2.47. The molecule has 2 aliphatic heterocycles. The van der Waals surface area contributed by atoms with E-state index in [1.807, 2.05) is 43.3 Å². The third kappa shape index (κ3) is 4.49. The van der Waals surface area contributed by atoms with E-state index < -0.39 is 11.9 Å².